The average molecular weight is 381 g/mol. The molecule has 0 bridgehead atoms. The fourth-order valence-corrected chi connectivity index (χ4v) is 6.63. The summed E-state index contributed by atoms with van der Waals surface area (Å²) >= 11 is 0. The summed E-state index contributed by atoms with van der Waals surface area (Å²) in [6, 6.07) is 0. The molecule has 0 heterocycles. The first-order valence-electron chi connectivity index (χ1n) is 10.4. The Morgan fingerprint density at radius 2 is 2.00 bits per heavy atom. The SMILES string of the molecule is CC(=O)OC[C@H](O)[C@]1(C)C=C2CC[C@H]3[C@](C)(CO)C[C@H](O)C[C@@]3(C)[C@H]2CC1. The van der Waals surface area contributed by atoms with Gasteiger partial charge in [-0.2, -0.15) is 0 Å². The standard InChI is InChI=1S/C22H36O5/c1-14(24)27-12-19(26)20(2)8-7-17-15(9-20)5-6-18-21(3,13-23)10-16(25)11-22(17,18)4/h9,16-19,23,25-26H,5-8,10-13H2,1-4H3/t16-,17-,18-,19-,20-,21-,22-/m0/s1. The van der Waals surface area contributed by atoms with E-state index >= 15 is 0 Å². The maximum atomic E-state index is 11.1. The molecule has 3 N–H and O–H groups in total. The number of carbonyl (C=O) groups is 1. The molecule has 5 heteroatoms. The van der Waals surface area contributed by atoms with E-state index in [9.17, 15) is 20.1 Å². The van der Waals surface area contributed by atoms with E-state index in [0.717, 1.165) is 32.1 Å². The van der Waals surface area contributed by atoms with Gasteiger partial charge in [-0.1, -0.05) is 32.4 Å². The molecule has 3 aliphatic carbocycles. The van der Waals surface area contributed by atoms with Gasteiger partial charge >= 0.3 is 5.97 Å². The minimum absolute atomic E-state index is 0.0264. The van der Waals surface area contributed by atoms with Gasteiger partial charge in [-0.25, -0.2) is 0 Å². The van der Waals surface area contributed by atoms with E-state index in [2.05, 4.69) is 19.9 Å². The summed E-state index contributed by atoms with van der Waals surface area (Å²) in [5.74, 6) is 0.411. The van der Waals surface area contributed by atoms with Crippen molar-refractivity contribution in [1.29, 1.82) is 0 Å². The van der Waals surface area contributed by atoms with Crippen LogP contribution >= 0.6 is 0 Å². The first-order valence-corrected chi connectivity index (χ1v) is 10.4. The van der Waals surface area contributed by atoms with E-state index < -0.39 is 11.5 Å². The Kier molecular flexibility index (Phi) is 5.52. The van der Waals surface area contributed by atoms with Crippen molar-refractivity contribution >= 4 is 5.97 Å². The van der Waals surface area contributed by atoms with Crippen LogP contribution in [0, 0.1) is 28.1 Å². The topological polar surface area (TPSA) is 87.0 Å². The smallest absolute Gasteiger partial charge is 0.302 e. The third-order valence-corrected chi connectivity index (χ3v) is 8.03. The molecule has 3 rings (SSSR count). The van der Waals surface area contributed by atoms with Gasteiger partial charge in [0.25, 0.3) is 0 Å². The van der Waals surface area contributed by atoms with Gasteiger partial charge in [-0.3, -0.25) is 4.79 Å². The Bertz CT molecular complexity index is 616. The van der Waals surface area contributed by atoms with Crippen molar-refractivity contribution < 1.29 is 24.9 Å². The minimum atomic E-state index is -0.708. The first kappa shape index (κ1) is 20.8. The Morgan fingerprint density at radius 3 is 2.63 bits per heavy atom. The Hall–Kier alpha value is -0.910. The maximum Gasteiger partial charge on any atom is 0.302 e. The Balaban J connectivity index is 1.86. The van der Waals surface area contributed by atoms with E-state index in [-0.39, 0.29) is 36.1 Å². The number of fused-ring (bicyclic) bond motifs is 3. The van der Waals surface area contributed by atoms with Crippen molar-refractivity contribution in [3.05, 3.63) is 11.6 Å². The molecule has 3 aliphatic rings. The van der Waals surface area contributed by atoms with Crippen LogP contribution in [0.2, 0.25) is 0 Å². The zero-order valence-corrected chi connectivity index (χ0v) is 17.2. The van der Waals surface area contributed by atoms with Crippen molar-refractivity contribution in [3.8, 4) is 0 Å². The number of hydrogen-bond acceptors (Lipinski definition) is 5. The highest BCUT2D eigenvalue weighted by molar-refractivity contribution is 5.65. The highest BCUT2D eigenvalue weighted by atomic mass is 16.5. The molecule has 0 aromatic carbocycles. The lowest BCUT2D eigenvalue weighted by Gasteiger charge is -2.61. The van der Waals surface area contributed by atoms with Crippen LogP contribution in [0.25, 0.3) is 0 Å². The van der Waals surface area contributed by atoms with Crippen LogP contribution in [-0.2, 0) is 9.53 Å². The van der Waals surface area contributed by atoms with Gasteiger partial charge in [0.05, 0.1) is 12.2 Å². The zero-order chi connectivity index (χ0) is 20.0. The van der Waals surface area contributed by atoms with Crippen molar-refractivity contribution in [2.75, 3.05) is 13.2 Å². The predicted molar refractivity (Wildman–Crippen MR) is 103 cm³/mol. The van der Waals surface area contributed by atoms with Crippen LogP contribution < -0.4 is 0 Å². The number of ether oxygens (including phenoxy) is 1. The normalized spacial score (nSPS) is 45.3. The van der Waals surface area contributed by atoms with Crippen LogP contribution in [-0.4, -0.2) is 46.7 Å². The number of hydrogen-bond donors (Lipinski definition) is 3. The molecule has 5 nitrogen and oxygen atoms in total. The minimum Gasteiger partial charge on any atom is -0.463 e. The number of aliphatic hydroxyl groups excluding tert-OH is 3. The second-order valence-corrected chi connectivity index (χ2v) is 10.1. The molecule has 2 fully saturated rings. The summed E-state index contributed by atoms with van der Waals surface area (Å²) in [4.78, 5) is 11.1. The van der Waals surface area contributed by atoms with E-state index in [1.54, 1.807) is 0 Å². The molecule has 154 valence electrons. The van der Waals surface area contributed by atoms with Crippen molar-refractivity contribution in [3.63, 3.8) is 0 Å². The van der Waals surface area contributed by atoms with Gasteiger partial charge in [0.1, 0.15) is 6.61 Å². The lowest BCUT2D eigenvalue weighted by molar-refractivity contribution is -0.147. The molecule has 0 unspecified atom stereocenters. The molecule has 0 amide bonds. The number of rotatable bonds is 4. The summed E-state index contributed by atoms with van der Waals surface area (Å²) in [5.41, 5.74) is 0.728. The number of allylic oxidation sites excluding steroid dienone is 1. The third-order valence-electron chi connectivity index (χ3n) is 8.03. The molecule has 0 saturated heterocycles. The molecule has 0 aliphatic heterocycles. The maximum absolute atomic E-state index is 11.1. The number of aliphatic hydroxyl groups is 3. The van der Waals surface area contributed by atoms with Crippen LogP contribution in [0.15, 0.2) is 11.6 Å². The van der Waals surface area contributed by atoms with Crippen molar-refractivity contribution in [2.24, 2.45) is 28.1 Å². The molecule has 0 aromatic rings. The van der Waals surface area contributed by atoms with E-state index in [4.69, 9.17) is 4.74 Å². The van der Waals surface area contributed by atoms with Gasteiger partial charge in [0.2, 0.25) is 0 Å². The molecule has 27 heavy (non-hydrogen) atoms. The molecule has 0 aromatic heterocycles. The quantitative estimate of drug-likeness (QED) is 0.516. The molecule has 0 spiro atoms. The Morgan fingerprint density at radius 1 is 1.30 bits per heavy atom. The zero-order valence-electron chi connectivity index (χ0n) is 17.2. The predicted octanol–water partition coefficient (Wildman–Crippen LogP) is 2.82. The first-order chi connectivity index (χ1) is 12.5. The molecule has 0 radical (unpaired) electrons. The van der Waals surface area contributed by atoms with Crippen LogP contribution in [0.5, 0.6) is 0 Å². The van der Waals surface area contributed by atoms with Crippen molar-refractivity contribution in [2.45, 2.75) is 78.4 Å². The summed E-state index contributed by atoms with van der Waals surface area (Å²) in [6.45, 7) is 7.98. The van der Waals surface area contributed by atoms with Crippen molar-refractivity contribution in [1.82, 2.24) is 0 Å². The van der Waals surface area contributed by atoms with Crippen LogP contribution in [0.3, 0.4) is 0 Å². The number of esters is 1. The largest absolute Gasteiger partial charge is 0.463 e. The lowest BCUT2D eigenvalue weighted by Crippen LogP contribution is -2.56. The molecular weight excluding hydrogens is 344 g/mol. The van der Waals surface area contributed by atoms with Gasteiger partial charge < -0.3 is 20.1 Å². The fraction of sp³-hybridized carbons (Fsp3) is 0.864. The summed E-state index contributed by atoms with van der Waals surface area (Å²) in [7, 11) is 0. The average Bonchev–Trinajstić information content (AvgIpc) is 2.58. The van der Waals surface area contributed by atoms with E-state index in [1.165, 1.54) is 12.5 Å². The van der Waals surface area contributed by atoms with E-state index in [0.29, 0.717) is 18.3 Å². The molecule has 2 saturated carbocycles. The second-order valence-electron chi connectivity index (χ2n) is 10.1. The summed E-state index contributed by atoms with van der Waals surface area (Å²) in [6.07, 6.45) is 6.39. The summed E-state index contributed by atoms with van der Waals surface area (Å²) < 4.78 is 5.04. The molecular formula is C22H36O5. The van der Waals surface area contributed by atoms with Gasteiger partial charge in [-0.15, -0.1) is 0 Å². The third kappa shape index (κ3) is 3.58. The van der Waals surface area contributed by atoms with Gasteiger partial charge in [-0.05, 0) is 61.2 Å². The Labute approximate surface area is 162 Å². The second kappa shape index (κ2) is 7.16. The highest BCUT2D eigenvalue weighted by Gasteiger charge is 2.58. The summed E-state index contributed by atoms with van der Waals surface area (Å²) in [5, 5.41) is 31.3. The van der Waals surface area contributed by atoms with Gasteiger partial charge in [0, 0.05) is 18.9 Å². The van der Waals surface area contributed by atoms with E-state index in [1.807, 2.05) is 6.92 Å². The molecule has 7 atom stereocenters. The fourth-order valence-electron chi connectivity index (χ4n) is 6.63. The van der Waals surface area contributed by atoms with Crippen LogP contribution in [0.1, 0.15) is 66.2 Å². The monoisotopic (exact) mass is 380 g/mol. The number of carbonyl (C=O) groups excluding carboxylic acids is 1. The highest BCUT2D eigenvalue weighted by Crippen LogP contribution is 2.63. The van der Waals surface area contributed by atoms with Gasteiger partial charge in [0.15, 0.2) is 0 Å². The van der Waals surface area contributed by atoms with Crippen LogP contribution in [0.4, 0.5) is 0 Å². The lowest BCUT2D eigenvalue weighted by atomic mass is 9.44.